The Balaban J connectivity index is 0.000000516. The number of aliphatic hydroxyl groups excluding tert-OH is 1. The lowest BCUT2D eigenvalue weighted by Crippen LogP contribution is -2.40. The van der Waals surface area contributed by atoms with Gasteiger partial charge in [-0.05, 0) is 44.2 Å². The maximum absolute atomic E-state index is 12.5. The molecule has 0 spiro atoms. The first-order valence-electron chi connectivity index (χ1n) is 13.5. The van der Waals surface area contributed by atoms with Crippen molar-refractivity contribution in [1.82, 2.24) is 15.3 Å². The van der Waals surface area contributed by atoms with Crippen molar-refractivity contribution in [2.24, 2.45) is 11.7 Å². The van der Waals surface area contributed by atoms with Gasteiger partial charge in [-0.2, -0.15) is 0 Å². The molecule has 0 radical (unpaired) electrons. The first-order valence-corrected chi connectivity index (χ1v) is 13.5. The number of nitrogens with two attached hydrogens (primary N) is 2. The summed E-state index contributed by atoms with van der Waals surface area (Å²) >= 11 is 0. The van der Waals surface area contributed by atoms with Crippen molar-refractivity contribution in [2.45, 2.75) is 72.6 Å². The van der Waals surface area contributed by atoms with Crippen LogP contribution in [0.3, 0.4) is 0 Å². The third kappa shape index (κ3) is 11.3. The fourth-order valence-corrected chi connectivity index (χ4v) is 4.11. The first-order chi connectivity index (χ1) is 17.7. The van der Waals surface area contributed by atoms with Crippen molar-refractivity contribution in [1.29, 1.82) is 0 Å². The smallest absolute Gasteiger partial charge is 0.291 e. The normalized spacial score (nSPS) is 11.6. The van der Waals surface area contributed by atoms with Gasteiger partial charge in [0.1, 0.15) is 5.69 Å². The molecule has 0 saturated heterocycles. The third-order valence-electron chi connectivity index (χ3n) is 6.25. The van der Waals surface area contributed by atoms with Gasteiger partial charge in [0, 0.05) is 32.2 Å². The number of rotatable bonds is 15. The minimum absolute atomic E-state index is 0.0406. The zero-order chi connectivity index (χ0) is 27.8. The van der Waals surface area contributed by atoms with Crippen LogP contribution < -0.4 is 27.2 Å². The number of benzene rings is 1. The van der Waals surface area contributed by atoms with E-state index in [2.05, 4.69) is 67.2 Å². The molecule has 0 bridgehead atoms. The summed E-state index contributed by atoms with van der Waals surface area (Å²) < 4.78 is 0. The number of nitrogens with zero attached hydrogens (tertiary/aromatic N) is 2. The fourth-order valence-electron chi connectivity index (χ4n) is 4.11. The predicted octanol–water partition coefficient (Wildman–Crippen LogP) is 3.56. The molecule has 0 aliphatic carbocycles. The zero-order valence-corrected chi connectivity index (χ0v) is 23.3. The molecule has 0 fully saturated rings. The molecule has 2 aromatic rings. The molecule has 2 rings (SSSR count). The largest absolute Gasteiger partial charge is 0.396 e. The molecule has 1 aromatic heterocycles. The summed E-state index contributed by atoms with van der Waals surface area (Å²) in [5.41, 5.74) is 13.0. The van der Waals surface area contributed by atoms with Gasteiger partial charge in [0.15, 0.2) is 11.6 Å². The van der Waals surface area contributed by atoms with Gasteiger partial charge < -0.3 is 31.8 Å². The number of nitrogen functional groups attached to an aromatic ring is 1. The van der Waals surface area contributed by atoms with Crippen molar-refractivity contribution >= 4 is 17.5 Å². The van der Waals surface area contributed by atoms with Crippen molar-refractivity contribution in [2.75, 3.05) is 43.4 Å². The van der Waals surface area contributed by atoms with Crippen LogP contribution in [0.25, 0.3) is 0 Å². The lowest BCUT2D eigenvalue weighted by atomic mass is 9.97. The zero-order valence-electron chi connectivity index (χ0n) is 23.3. The van der Waals surface area contributed by atoms with Gasteiger partial charge in [-0.1, -0.05) is 70.4 Å². The second-order valence-electron chi connectivity index (χ2n) is 9.65. The number of hydrogen-bond donors (Lipinski definition) is 5. The quantitative estimate of drug-likeness (QED) is 0.227. The van der Waals surface area contributed by atoms with Crippen molar-refractivity contribution in [3.8, 4) is 0 Å². The highest BCUT2D eigenvalue weighted by atomic mass is 16.3. The molecule has 1 atom stereocenters. The highest BCUT2D eigenvalue weighted by Gasteiger charge is 2.20. The monoisotopic (exact) mass is 516 g/mol. The SMILES string of the molecule is CCCNCCN(CC(CCC)CCC)c1nc(N)c(C(N)=O)[nH]c1=O.Cc1ccc(C(C)CO)cc1. The molecule has 208 valence electrons. The van der Waals surface area contributed by atoms with Gasteiger partial charge in [-0.25, -0.2) is 4.98 Å². The van der Waals surface area contributed by atoms with Gasteiger partial charge in [0.25, 0.3) is 11.5 Å². The first kappa shape index (κ1) is 32.1. The molecule has 37 heavy (non-hydrogen) atoms. The number of aliphatic hydroxyl groups is 1. The molecular formula is C28H48N6O3. The minimum Gasteiger partial charge on any atom is -0.396 e. The predicted molar refractivity (Wildman–Crippen MR) is 153 cm³/mol. The van der Waals surface area contributed by atoms with Crippen molar-refractivity contribution in [3.63, 3.8) is 0 Å². The lowest BCUT2D eigenvalue weighted by Gasteiger charge is -2.28. The Morgan fingerprint density at radius 2 is 1.73 bits per heavy atom. The highest BCUT2D eigenvalue weighted by Crippen LogP contribution is 2.18. The van der Waals surface area contributed by atoms with Crippen LogP contribution in [-0.4, -0.2) is 53.8 Å². The van der Waals surface area contributed by atoms with Crippen LogP contribution in [0.5, 0.6) is 0 Å². The topological polar surface area (TPSA) is 150 Å². The van der Waals surface area contributed by atoms with Gasteiger partial charge in [-0.15, -0.1) is 0 Å². The molecule has 9 nitrogen and oxygen atoms in total. The number of carbonyl (C=O) groups excluding carboxylic acids is 1. The van der Waals surface area contributed by atoms with E-state index in [1.807, 2.05) is 11.8 Å². The number of primary amides is 1. The van der Waals surface area contributed by atoms with E-state index < -0.39 is 11.5 Å². The van der Waals surface area contributed by atoms with Crippen LogP contribution in [0.2, 0.25) is 0 Å². The third-order valence-corrected chi connectivity index (χ3v) is 6.25. The van der Waals surface area contributed by atoms with E-state index >= 15 is 0 Å². The van der Waals surface area contributed by atoms with E-state index in [0.717, 1.165) is 51.7 Å². The summed E-state index contributed by atoms with van der Waals surface area (Å²) in [5.74, 6) is 0.166. The number of anilines is 2. The summed E-state index contributed by atoms with van der Waals surface area (Å²) in [4.78, 5) is 32.5. The van der Waals surface area contributed by atoms with Crippen LogP contribution in [0.1, 0.15) is 87.3 Å². The second kappa shape index (κ2) is 17.5. The standard InChI is InChI=1S/C18H34N6O2.C10H14O/c1-4-7-13(8-5-2)12-24(11-10-21-9-6-3)17-18(26)22-14(16(20)25)15(19)23-17;1-8-3-5-10(6-4-8)9(2)7-11/h13,21H,4-12H2,1-3H3,(H2,19,23)(H2,20,25)(H,22,26);3-6,9,11H,7H2,1-2H3. The molecule has 9 heteroatoms. The summed E-state index contributed by atoms with van der Waals surface area (Å²) in [6, 6.07) is 8.27. The summed E-state index contributed by atoms with van der Waals surface area (Å²) in [5, 5.41) is 12.2. The maximum Gasteiger partial charge on any atom is 0.291 e. The second-order valence-corrected chi connectivity index (χ2v) is 9.65. The van der Waals surface area contributed by atoms with E-state index in [1.54, 1.807) is 0 Å². The number of nitrogens with one attached hydrogen (secondary N) is 2. The van der Waals surface area contributed by atoms with Gasteiger partial charge in [-0.3, -0.25) is 9.59 Å². The number of aromatic amines is 1. The van der Waals surface area contributed by atoms with Gasteiger partial charge in [0.05, 0.1) is 0 Å². The molecular weight excluding hydrogens is 468 g/mol. The van der Waals surface area contributed by atoms with E-state index in [4.69, 9.17) is 16.6 Å². The number of hydrogen-bond acceptors (Lipinski definition) is 7. The minimum atomic E-state index is -0.787. The van der Waals surface area contributed by atoms with Crippen LogP contribution in [0, 0.1) is 12.8 Å². The van der Waals surface area contributed by atoms with E-state index in [9.17, 15) is 9.59 Å². The number of carbonyl (C=O) groups is 1. The average Bonchev–Trinajstić information content (AvgIpc) is 2.87. The lowest BCUT2D eigenvalue weighted by molar-refractivity contribution is 0.0996. The molecule has 0 saturated carbocycles. The summed E-state index contributed by atoms with van der Waals surface area (Å²) in [7, 11) is 0. The Kier molecular flexibility index (Phi) is 15.2. The van der Waals surface area contributed by atoms with Crippen LogP contribution in [-0.2, 0) is 0 Å². The highest BCUT2D eigenvalue weighted by molar-refractivity contribution is 5.95. The van der Waals surface area contributed by atoms with Crippen LogP contribution >= 0.6 is 0 Å². The van der Waals surface area contributed by atoms with E-state index in [0.29, 0.717) is 12.5 Å². The Labute approximate surface area is 222 Å². The molecule has 1 heterocycles. The Hall–Kier alpha value is -2.91. The van der Waals surface area contributed by atoms with Crippen molar-refractivity contribution in [3.05, 3.63) is 51.4 Å². The molecule has 0 aliphatic heterocycles. The molecule has 0 aliphatic rings. The maximum atomic E-state index is 12.5. The van der Waals surface area contributed by atoms with Gasteiger partial charge >= 0.3 is 0 Å². The Morgan fingerprint density at radius 3 is 2.24 bits per heavy atom. The Bertz CT molecular complexity index is 971. The van der Waals surface area contributed by atoms with Gasteiger partial charge in [0.2, 0.25) is 0 Å². The van der Waals surface area contributed by atoms with Crippen LogP contribution in [0.4, 0.5) is 11.6 Å². The van der Waals surface area contributed by atoms with E-state index in [-0.39, 0.29) is 29.9 Å². The average molecular weight is 517 g/mol. The summed E-state index contributed by atoms with van der Waals surface area (Å²) in [6.45, 7) is 13.8. The fraction of sp³-hybridized carbons (Fsp3) is 0.607. The van der Waals surface area contributed by atoms with E-state index in [1.165, 1.54) is 11.1 Å². The molecule has 7 N–H and O–H groups in total. The number of aryl methyl sites for hydroxylation is 1. The number of H-pyrrole nitrogens is 1. The number of amides is 1. The van der Waals surface area contributed by atoms with Crippen LogP contribution in [0.15, 0.2) is 29.1 Å². The summed E-state index contributed by atoms with van der Waals surface area (Å²) in [6.07, 6.45) is 5.44. The molecule has 1 amide bonds. The number of aromatic nitrogens is 2. The Morgan fingerprint density at radius 1 is 1.11 bits per heavy atom. The molecule has 1 unspecified atom stereocenters. The van der Waals surface area contributed by atoms with Crippen molar-refractivity contribution < 1.29 is 9.90 Å². The molecule has 1 aromatic carbocycles.